The zero-order valence-electron chi connectivity index (χ0n) is 12.4. The molecule has 0 aliphatic heterocycles. The summed E-state index contributed by atoms with van der Waals surface area (Å²) in [6.07, 6.45) is 0. The van der Waals surface area contributed by atoms with Crippen molar-refractivity contribution in [1.29, 1.82) is 5.26 Å². The highest BCUT2D eigenvalue weighted by atomic mass is 16.5. The maximum atomic E-state index is 9.10. The van der Waals surface area contributed by atoms with Gasteiger partial charge in [-0.15, -0.1) is 0 Å². The van der Waals surface area contributed by atoms with Crippen molar-refractivity contribution in [1.82, 2.24) is 5.32 Å². The van der Waals surface area contributed by atoms with Crippen LogP contribution in [0.5, 0.6) is 11.5 Å². The van der Waals surface area contributed by atoms with Crippen LogP contribution >= 0.6 is 0 Å². The average Bonchev–Trinajstić information content (AvgIpc) is 2.54. The van der Waals surface area contributed by atoms with Gasteiger partial charge in [0.2, 0.25) is 0 Å². The first-order chi connectivity index (χ1) is 10.2. The molecule has 0 unspecified atom stereocenters. The SMILES string of the molecule is CNCc1cc(OC)ccc1-c1cc(C#N)ccc1OC. The summed E-state index contributed by atoms with van der Waals surface area (Å²) in [5.41, 5.74) is 3.63. The highest BCUT2D eigenvalue weighted by Gasteiger charge is 2.12. The first-order valence-corrected chi connectivity index (χ1v) is 6.63. The lowest BCUT2D eigenvalue weighted by molar-refractivity contribution is 0.413. The molecule has 2 rings (SSSR count). The van der Waals surface area contributed by atoms with E-state index in [1.807, 2.05) is 37.4 Å². The van der Waals surface area contributed by atoms with Crippen molar-refractivity contribution in [3.05, 3.63) is 47.5 Å². The molecule has 0 heterocycles. The van der Waals surface area contributed by atoms with Crippen LogP contribution in [0.15, 0.2) is 36.4 Å². The standard InChI is InChI=1S/C17H18N2O2/c1-19-11-13-9-14(20-2)5-6-15(13)16-8-12(10-18)4-7-17(16)21-3/h4-9,19H,11H2,1-3H3. The Morgan fingerprint density at radius 1 is 1.05 bits per heavy atom. The fourth-order valence-electron chi connectivity index (χ4n) is 2.28. The van der Waals surface area contributed by atoms with E-state index in [4.69, 9.17) is 14.7 Å². The van der Waals surface area contributed by atoms with Crippen LogP contribution in [-0.2, 0) is 6.54 Å². The smallest absolute Gasteiger partial charge is 0.126 e. The summed E-state index contributed by atoms with van der Waals surface area (Å²) in [5, 5.41) is 12.3. The van der Waals surface area contributed by atoms with E-state index in [1.54, 1.807) is 20.3 Å². The van der Waals surface area contributed by atoms with Gasteiger partial charge in [-0.05, 0) is 48.5 Å². The monoisotopic (exact) mass is 282 g/mol. The van der Waals surface area contributed by atoms with E-state index in [2.05, 4.69) is 11.4 Å². The summed E-state index contributed by atoms with van der Waals surface area (Å²) < 4.78 is 10.7. The molecule has 0 radical (unpaired) electrons. The molecule has 0 fully saturated rings. The van der Waals surface area contributed by atoms with Crippen LogP contribution in [0.3, 0.4) is 0 Å². The summed E-state index contributed by atoms with van der Waals surface area (Å²) in [6.45, 7) is 0.701. The predicted octanol–water partition coefficient (Wildman–Crippen LogP) is 2.96. The van der Waals surface area contributed by atoms with Crippen LogP contribution in [0.1, 0.15) is 11.1 Å². The minimum atomic E-state index is 0.608. The fraction of sp³-hybridized carbons (Fsp3) is 0.235. The van der Waals surface area contributed by atoms with Gasteiger partial charge in [0.15, 0.2) is 0 Å². The molecule has 0 aliphatic rings. The Balaban J connectivity index is 2.62. The van der Waals surface area contributed by atoms with Crippen LogP contribution in [0.4, 0.5) is 0 Å². The second kappa shape index (κ2) is 6.78. The Morgan fingerprint density at radius 2 is 1.86 bits per heavy atom. The number of methoxy groups -OCH3 is 2. The van der Waals surface area contributed by atoms with Gasteiger partial charge >= 0.3 is 0 Å². The Labute approximate surface area is 124 Å². The molecule has 0 amide bonds. The predicted molar refractivity (Wildman–Crippen MR) is 82.5 cm³/mol. The molecule has 0 bridgehead atoms. The number of nitrogens with one attached hydrogen (secondary N) is 1. The Hall–Kier alpha value is -2.51. The summed E-state index contributed by atoms with van der Waals surface area (Å²) >= 11 is 0. The second-order valence-corrected chi connectivity index (χ2v) is 4.58. The number of ether oxygens (including phenoxy) is 2. The van der Waals surface area contributed by atoms with Gasteiger partial charge in [-0.25, -0.2) is 0 Å². The molecule has 0 saturated carbocycles. The molecule has 4 nitrogen and oxygen atoms in total. The molecule has 2 aromatic carbocycles. The molecular weight excluding hydrogens is 264 g/mol. The third-order valence-electron chi connectivity index (χ3n) is 3.30. The minimum absolute atomic E-state index is 0.608. The lowest BCUT2D eigenvalue weighted by Crippen LogP contribution is -2.07. The number of benzene rings is 2. The third-order valence-corrected chi connectivity index (χ3v) is 3.30. The number of hydrogen-bond acceptors (Lipinski definition) is 4. The van der Waals surface area contributed by atoms with Crippen LogP contribution in [0.25, 0.3) is 11.1 Å². The van der Waals surface area contributed by atoms with Gasteiger partial charge in [-0.1, -0.05) is 6.07 Å². The zero-order valence-corrected chi connectivity index (χ0v) is 12.4. The Kier molecular flexibility index (Phi) is 4.81. The van der Waals surface area contributed by atoms with E-state index in [9.17, 15) is 0 Å². The van der Waals surface area contributed by atoms with E-state index < -0.39 is 0 Å². The molecule has 21 heavy (non-hydrogen) atoms. The van der Waals surface area contributed by atoms with Crippen molar-refractivity contribution in [3.63, 3.8) is 0 Å². The van der Waals surface area contributed by atoms with Gasteiger partial charge in [-0.3, -0.25) is 0 Å². The lowest BCUT2D eigenvalue weighted by Gasteiger charge is -2.14. The summed E-state index contributed by atoms with van der Waals surface area (Å²) in [4.78, 5) is 0. The van der Waals surface area contributed by atoms with Crippen molar-refractivity contribution in [3.8, 4) is 28.7 Å². The first kappa shape index (κ1) is 14.9. The van der Waals surface area contributed by atoms with Crippen molar-refractivity contribution in [2.24, 2.45) is 0 Å². The molecule has 4 heteroatoms. The maximum Gasteiger partial charge on any atom is 0.126 e. The van der Waals surface area contributed by atoms with Gasteiger partial charge in [0.05, 0.1) is 25.9 Å². The topological polar surface area (TPSA) is 54.3 Å². The molecule has 0 aromatic heterocycles. The summed E-state index contributed by atoms with van der Waals surface area (Å²) in [6, 6.07) is 13.5. The molecular formula is C17H18N2O2. The lowest BCUT2D eigenvalue weighted by atomic mass is 9.97. The molecule has 108 valence electrons. The minimum Gasteiger partial charge on any atom is -0.497 e. The first-order valence-electron chi connectivity index (χ1n) is 6.63. The highest BCUT2D eigenvalue weighted by molar-refractivity contribution is 5.75. The molecule has 0 spiro atoms. The van der Waals surface area contributed by atoms with Crippen LogP contribution in [0, 0.1) is 11.3 Å². The van der Waals surface area contributed by atoms with Gasteiger partial charge in [0, 0.05) is 12.1 Å². The normalized spacial score (nSPS) is 10.0. The van der Waals surface area contributed by atoms with Crippen molar-refractivity contribution < 1.29 is 9.47 Å². The zero-order chi connectivity index (χ0) is 15.2. The molecule has 0 atom stereocenters. The van der Waals surface area contributed by atoms with E-state index in [-0.39, 0.29) is 0 Å². The maximum absolute atomic E-state index is 9.10. The van der Waals surface area contributed by atoms with Crippen LogP contribution < -0.4 is 14.8 Å². The average molecular weight is 282 g/mol. The van der Waals surface area contributed by atoms with E-state index >= 15 is 0 Å². The molecule has 2 aromatic rings. The van der Waals surface area contributed by atoms with E-state index in [1.165, 1.54) is 0 Å². The number of rotatable bonds is 5. The molecule has 1 N–H and O–H groups in total. The van der Waals surface area contributed by atoms with Crippen LogP contribution in [-0.4, -0.2) is 21.3 Å². The largest absolute Gasteiger partial charge is 0.497 e. The second-order valence-electron chi connectivity index (χ2n) is 4.58. The van der Waals surface area contributed by atoms with Crippen molar-refractivity contribution >= 4 is 0 Å². The molecule has 0 aliphatic carbocycles. The number of nitrogens with zero attached hydrogens (tertiary/aromatic N) is 1. The van der Waals surface area contributed by atoms with E-state index in [0.29, 0.717) is 12.1 Å². The summed E-state index contributed by atoms with van der Waals surface area (Å²) in [7, 11) is 5.17. The van der Waals surface area contributed by atoms with Crippen LogP contribution in [0.2, 0.25) is 0 Å². The fourth-order valence-corrected chi connectivity index (χ4v) is 2.28. The Morgan fingerprint density at radius 3 is 2.48 bits per heavy atom. The molecule has 0 saturated heterocycles. The summed E-state index contributed by atoms with van der Waals surface area (Å²) in [5.74, 6) is 1.55. The van der Waals surface area contributed by atoms with Gasteiger partial charge < -0.3 is 14.8 Å². The van der Waals surface area contributed by atoms with E-state index in [0.717, 1.165) is 28.2 Å². The third kappa shape index (κ3) is 3.15. The Bertz CT molecular complexity index is 675. The number of nitriles is 1. The van der Waals surface area contributed by atoms with Crippen molar-refractivity contribution in [2.45, 2.75) is 6.54 Å². The van der Waals surface area contributed by atoms with Gasteiger partial charge in [0.25, 0.3) is 0 Å². The quantitative estimate of drug-likeness (QED) is 0.916. The van der Waals surface area contributed by atoms with Gasteiger partial charge in [-0.2, -0.15) is 5.26 Å². The highest BCUT2D eigenvalue weighted by Crippen LogP contribution is 2.34. The number of hydrogen-bond donors (Lipinski definition) is 1. The van der Waals surface area contributed by atoms with Gasteiger partial charge in [0.1, 0.15) is 11.5 Å². The van der Waals surface area contributed by atoms with Crippen molar-refractivity contribution in [2.75, 3.05) is 21.3 Å².